The van der Waals surface area contributed by atoms with E-state index < -0.39 is 0 Å². The minimum atomic E-state index is -0.355. The molecule has 0 fully saturated rings. The number of nitrogens with one attached hydrogen (secondary N) is 1. The minimum absolute atomic E-state index is 0.355. The van der Waals surface area contributed by atoms with Crippen LogP contribution >= 0.6 is 0 Å². The van der Waals surface area contributed by atoms with Gasteiger partial charge in [-0.3, -0.25) is 0 Å². The normalized spacial score (nSPS) is 7.20. The Hall–Kier alpha value is -0.730. The number of carbonyl (C=O) groups excluding carboxylic acids is 1. The van der Waals surface area contributed by atoms with Crippen molar-refractivity contribution in [2.24, 2.45) is 0 Å². The smallest absolute Gasteiger partial charge is 0.406 e. The van der Waals surface area contributed by atoms with Crippen molar-refractivity contribution in [2.45, 2.75) is 27.2 Å². The van der Waals surface area contributed by atoms with Gasteiger partial charge in [-0.2, -0.15) is 0 Å². The molecule has 0 spiro atoms. The van der Waals surface area contributed by atoms with E-state index in [4.69, 9.17) is 0 Å². The third-order valence-electron chi connectivity index (χ3n) is 0.705. The fourth-order valence-corrected chi connectivity index (χ4v) is 0.299. The van der Waals surface area contributed by atoms with Gasteiger partial charge in [-0.1, -0.05) is 20.8 Å². The highest BCUT2D eigenvalue weighted by molar-refractivity contribution is 5.66. The maximum absolute atomic E-state index is 10.2. The summed E-state index contributed by atoms with van der Waals surface area (Å²) >= 11 is 0. The van der Waals surface area contributed by atoms with E-state index >= 15 is 0 Å². The van der Waals surface area contributed by atoms with Crippen molar-refractivity contribution < 1.29 is 9.53 Å². The summed E-state index contributed by atoms with van der Waals surface area (Å²) in [6.45, 7) is 6.67. The lowest BCUT2D eigenvalue weighted by Gasteiger charge is -1.98. The minimum Gasteiger partial charge on any atom is -0.453 e. The van der Waals surface area contributed by atoms with E-state index in [1.165, 1.54) is 7.11 Å². The van der Waals surface area contributed by atoms with Crippen LogP contribution in [0.15, 0.2) is 0 Å². The molecule has 0 saturated carbocycles. The van der Waals surface area contributed by atoms with Crippen LogP contribution in [0.4, 0.5) is 4.79 Å². The number of alkyl carbamates (subject to hydrolysis) is 1. The van der Waals surface area contributed by atoms with Crippen molar-refractivity contribution in [2.75, 3.05) is 13.7 Å². The van der Waals surface area contributed by atoms with Crippen LogP contribution in [0, 0.1) is 0 Å². The molecule has 0 aliphatic carbocycles. The molecule has 0 aromatic heterocycles. The van der Waals surface area contributed by atoms with Crippen molar-refractivity contribution >= 4 is 6.09 Å². The van der Waals surface area contributed by atoms with E-state index in [1.807, 2.05) is 20.8 Å². The Balaban J connectivity index is 0. The van der Waals surface area contributed by atoms with Crippen LogP contribution in [0.5, 0.6) is 0 Å². The summed E-state index contributed by atoms with van der Waals surface area (Å²) in [6.07, 6.45) is 0.585. The lowest BCUT2D eigenvalue weighted by Crippen LogP contribution is -2.23. The van der Waals surface area contributed by atoms with Crippen LogP contribution in [0.2, 0.25) is 0 Å². The van der Waals surface area contributed by atoms with E-state index in [1.54, 1.807) is 0 Å². The summed E-state index contributed by atoms with van der Waals surface area (Å²) < 4.78 is 4.30. The van der Waals surface area contributed by atoms with E-state index in [9.17, 15) is 4.79 Å². The van der Waals surface area contributed by atoms with Gasteiger partial charge in [-0.15, -0.1) is 0 Å². The molecule has 62 valence electrons. The van der Waals surface area contributed by atoms with Crippen LogP contribution in [0.3, 0.4) is 0 Å². The molecule has 1 N–H and O–H groups in total. The fourth-order valence-electron chi connectivity index (χ4n) is 0.299. The van der Waals surface area contributed by atoms with Crippen molar-refractivity contribution in [3.05, 3.63) is 0 Å². The first-order valence-electron chi connectivity index (χ1n) is 3.63. The molecule has 0 radical (unpaired) electrons. The Labute approximate surface area is 62.8 Å². The van der Waals surface area contributed by atoms with E-state index in [-0.39, 0.29) is 6.09 Å². The second-order valence-electron chi connectivity index (χ2n) is 1.42. The number of hydrogen-bond acceptors (Lipinski definition) is 2. The van der Waals surface area contributed by atoms with Gasteiger partial charge in [-0.25, -0.2) is 4.79 Å². The first-order chi connectivity index (χ1) is 4.81. The highest BCUT2D eigenvalue weighted by atomic mass is 16.5. The number of rotatable bonds is 2. The fraction of sp³-hybridized carbons (Fsp3) is 0.857. The SMILES string of the molecule is CC.CCCNC(=O)OC. The molecule has 0 aliphatic heterocycles. The summed E-state index contributed by atoms with van der Waals surface area (Å²) in [6, 6.07) is 0. The standard InChI is InChI=1S/C5H11NO2.C2H6/c1-3-4-6-5(7)8-2;1-2/h3-4H2,1-2H3,(H,6,7);1-2H3. The van der Waals surface area contributed by atoms with Gasteiger partial charge in [0, 0.05) is 6.54 Å². The molecule has 3 nitrogen and oxygen atoms in total. The Morgan fingerprint density at radius 2 is 2.00 bits per heavy atom. The number of ether oxygens (including phenoxy) is 1. The van der Waals surface area contributed by atoms with Crippen LogP contribution in [0.1, 0.15) is 27.2 Å². The van der Waals surface area contributed by atoms with Gasteiger partial charge in [0.05, 0.1) is 7.11 Å². The molecule has 3 heteroatoms. The second-order valence-corrected chi connectivity index (χ2v) is 1.42. The van der Waals surface area contributed by atoms with Crippen LogP contribution in [-0.4, -0.2) is 19.7 Å². The Kier molecular flexibility index (Phi) is 13.3. The molecule has 0 aliphatic rings. The zero-order valence-electron chi connectivity index (χ0n) is 7.23. The van der Waals surface area contributed by atoms with Crippen LogP contribution < -0.4 is 5.32 Å². The first kappa shape index (κ1) is 12.0. The van der Waals surface area contributed by atoms with Crippen LogP contribution in [0.25, 0.3) is 0 Å². The van der Waals surface area contributed by atoms with Gasteiger partial charge in [0.25, 0.3) is 0 Å². The maximum atomic E-state index is 10.2. The van der Waals surface area contributed by atoms with Gasteiger partial charge in [-0.05, 0) is 6.42 Å². The van der Waals surface area contributed by atoms with Crippen molar-refractivity contribution in [1.82, 2.24) is 5.32 Å². The maximum Gasteiger partial charge on any atom is 0.406 e. The largest absolute Gasteiger partial charge is 0.453 e. The highest BCUT2D eigenvalue weighted by Crippen LogP contribution is 1.72. The van der Waals surface area contributed by atoms with Gasteiger partial charge in [0.15, 0.2) is 0 Å². The molecular formula is C7H17NO2. The third kappa shape index (κ3) is 10.3. The number of amides is 1. The van der Waals surface area contributed by atoms with Crippen molar-refractivity contribution in [1.29, 1.82) is 0 Å². The van der Waals surface area contributed by atoms with Gasteiger partial charge in [0.2, 0.25) is 0 Å². The molecular weight excluding hydrogens is 130 g/mol. The molecule has 10 heavy (non-hydrogen) atoms. The molecule has 0 bridgehead atoms. The summed E-state index contributed by atoms with van der Waals surface area (Å²) in [4.78, 5) is 10.2. The zero-order chi connectivity index (χ0) is 8.41. The van der Waals surface area contributed by atoms with Crippen LogP contribution in [-0.2, 0) is 4.74 Å². The topological polar surface area (TPSA) is 38.3 Å². The quantitative estimate of drug-likeness (QED) is 0.646. The van der Waals surface area contributed by atoms with E-state index in [0.29, 0.717) is 6.54 Å². The van der Waals surface area contributed by atoms with Gasteiger partial charge >= 0.3 is 6.09 Å². The summed E-state index contributed by atoms with van der Waals surface area (Å²) in [7, 11) is 1.35. The Morgan fingerprint density at radius 1 is 1.50 bits per heavy atom. The van der Waals surface area contributed by atoms with Gasteiger partial charge < -0.3 is 10.1 Å². The molecule has 0 heterocycles. The van der Waals surface area contributed by atoms with Crippen molar-refractivity contribution in [3.63, 3.8) is 0 Å². The summed E-state index contributed by atoms with van der Waals surface area (Å²) in [5, 5.41) is 2.52. The molecule has 0 saturated heterocycles. The van der Waals surface area contributed by atoms with E-state index in [0.717, 1.165) is 6.42 Å². The second kappa shape index (κ2) is 11.1. The molecule has 0 atom stereocenters. The summed E-state index contributed by atoms with van der Waals surface area (Å²) in [5.74, 6) is 0. The molecule has 0 unspecified atom stereocenters. The summed E-state index contributed by atoms with van der Waals surface area (Å²) in [5.41, 5.74) is 0. The van der Waals surface area contributed by atoms with Crippen molar-refractivity contribution in [3.8, 4) is 0 Å². The number of hydrogen-bond donors (Lipinski definition) is 1. The lowest BCUT2D eigenvalue weighted by atomic mass is 10.5. The van der Waals surface area contributed by atoms with Gasteiger partial charge in [0.1, 0.15) is 0 Å². The molecule has 0 aromatic rings. The monoisotopic (exact) mass is 147 g/mol. The molecule has 0 rings (SSSR count). The number of methoxy groups -OCH3 is 1. The zero-order valence-corrected chi connectivity index (χ0v) is 7.23. The number of carbonyl (C=O) groups is 1. The molecule has 0 aromatic carbocycles. The Bertz CT molecular complexity index is 74.0. The average molecular weight is 147 g/mol. The van der Waals surface area contributed by atoms with E-state index in [2.05, 4.69) is 10.1 Å². The Morgan fingerprint density at radius 3 is 2.30 bits per heavy atom. The molecule has 1 amide bonds. The average Bonchev–Trinajstić information content (AvgIpc) is 2.04. The predicted octanol–water partition coefficient (Wildman–Crippen LogP) is 1.78. The third-order valence-corrected chi connectivity index (χ3v) is 0.705. The first-order valence-corrected chi connectivity index (χ1v) is 3.63. The predicted molar refractivity (Wildman–Crippen MR) is 42.0 cm³/mol. The lowest BCUT2D eigenvalue weighted by molar-refractivity contribution is 0.171. The highest BCUT2D eigenvalue weighted by Gasteiger charge is 1.91.